The van der Waals surface area contributed by atoms with Crippen molar-refractivity contribution in [2.45, 2.75) is 19.3 Å². The van der Waals surface area contributed by atoms with Crippen molar-refractivity contribution < 1.29 is 24.2 Å². The molecule has 0 radical (unpaired) electrons. The van der Waals surface area contributed by atoms with E-state index in [0.717, 1.165) is 11.3 Å². The first-order valence-electron chi connectivity index (χ1n) is 8.27. The molecule has 6 heteroatoms. The van der Waals surface area contributed by atoms with Crippen molar-refractivity contribution in [1.29, 1.82) is 0 Å². The number of likely N-dealkylation sites (tertiary alicyclic amines) is 1. The number of hydrogen-bond acceptors (Lipinski definition) is 4. The van der Waals surface area contributed by atoms with Gasteiger partial charge < -0.3 is 19.5 Å². The molecule has 130 valence electrons. The van der Waals surface area contributed by atoms with Crippen molar-refractivity contribution in [3.05, 3.63) is 29.8 Å². The van der Waals surface area contributed by atoms with Gasteiger partial charge in [-0.1, -0.05) is 18.2 Å². The number of carboxylic acid groups (broad SMARTS) is 1. The number of amides is 1. The highest BCUT2D eigenvalue weighted by molar-refractivity contribution is 5.82. The van der Waals surface area contributed by atoms with Crippen LogP contribution in [0.1, 0.15) is 18.4 Å². The minimum absolute atomic E-state index is 0.0223. The van der Waals surface area contributed by atoms with Crippen LogP contribution in [-0.2, 0) is 20.7 Å². The molecule has 2 atom stereocenters. The summed E-state index contributed by atoms with van der Waals surface area (Å²) in [5.41, 5.74) is 0.0244. The molecule has 1 amide bonds. The second-order valence-corrected chi connectivity index (χ2v) is 6.70. The van der Waals surface area contributed by atoms with E-state index in [1.54, 1.807) is 4.90 Å². The average molecular weight is 333 g/mol. The summed E-state index contributed by atoms with van der Waals surface area (Å²) in [7, 11) is 1.50. The third kappa shape index (κ3) is 3.11. The molecular weight excluding hydrogens is 310 g/mol. The number of fused-ring (bicyclic) bond motifs is 1. The van der Waals surface area contributed by atoms with E-state index >= 15 is 0 Å². The van der Waals surface area contributed by atoms with Gasteiger partial charge in [-0.05, 0) is 30.9 Å². The second-order valence-electron chi connectivity index (χ2n) is 6.70. The van der Waals surface area contributed by atoms with Gasteiger partial charge in [0.25, 0.3) is 0 Å². The number of carboxylic acids is 1. The predicted octanol–water partition coefficient (Wildman–Crippen LogP) is 1.58. The van der Waals surface area contributed by atoms with Crippen molar-refractivity contribution >= 4 is 11.9 Å². The summed E-state index contributed by atoms with van der Waals surface area (Å²) in [5.74, 6) is -0.343. The smallest absolute Gasteiger partial charge is 0.313 e. The summed E-state index contributed by atoms with van der Waals surface area (Å²) in [6.45, 7) is 1.26. The first-order chi connectivity index (χ1) is 11.6. The highest BCUT2D eigenvalue weighted by Gasteiger charge is 2.45. The van der Waals surface area contributed by atoms with Crippen molar-refractivity contribution in [3.8, 4) is 5.75 Å². The molecule has 1 N–H and O–H groups in total. The first-order valence-corrected chi connectivity index (χ1v) is 8.27. The Kier molecular flexibility index (Phi) is 4.76. The molecule has 0 saturated carbocycles. The number of carbonyl (C=O) groups excluding carboxylic acids is 1. The monoisotopic (exact) mass is 333 g/mol. The van der Waals surface area contributed by atoms with E-state index in [2.05, 4.69) is 0 Å². The Balaban J connectivity index is 1.72. The molecule has 3 rings (SSSR count). The number of ether oxygens (including phenoxy) is 2. The van der Waals surface area contributed by atoms with E-state index in [9.17, 15) is 14.7 Å². The summed E-state index contributed by atoms with van der Waals surface area (Å²) in [5, 5.41) is 9.62. The quantitative estimate of drug-likeness (QED) is 0.905. The summed E-state index contributed by atoms with van der Waals surface area (Å²) in [6, 6.07) is 7.73. The van der Waals surface area contributed by atoms with E-state index in [1.165, 1.54) is 7.11 Å². The van der Waals surface area contributed by atoms with Crippen LogP contribution in [0.2, 0.25) is 0 Å². The molecule has 2 aliphatic rings. The molecule has 0 aliphatic carbocycles. The summed E-state index contributed by atoms with van der Waals surface area (Å²) in [4.78, 5) is 26.3. The maximum Gasteiger partial charge on any atom is 0.313 e. The van der Waals surface area contributed by atoms with Crippen LogP contribution in [0.25, 0.3) is 0 Å². The average Bonchev–Trinajstić information content (AvgIpc) is 2.61. The van der Waals surface area contributed by atoms with Crippen molar-refractivity contribution in [2.75, 3.05) is 33.4 Å². The molecule has 0 aromatic heterocycles. The van der Waals surface area contributed by atoms with Gasteiger partial charge in [0.1, 0.15) is 17.8 Å². The highest BCUT2D eigenvalue weighted by atomic mass is 16.5. The lowest BCUT2D eigenvalue weighted by Crippen LogP contribution is -2.54. The number of benzene rings is 1. The molecule has 24 heavy (non-hydrogen) atoms. The van der Waals surface area contributed by atoms with Crippen LogP contribution in [0.15, 0.2) is 24.3 Å². The molecule has 0 spiro atoms. The Morgan fingerprint density at radius 3 is 2.96 bits per heavy atom. The Morgan fingerprint density at radius 1 is 1.42 bits per heavy atom. The third-order valence-electron chi connectivity index (χ3n) is 4.99. The van der Waals surface area contributed by atoms with E-state index in [4.69, 9.17) is 9.47 Å². The summed E-state index contributed by atoms with van der Waals surface area (Å²) >= 11 is 0. The zero-order valence-corrected chi connectivity index (χ0v) is 13.9. The van der Waals surface area contributed by atoms with E-state index in [0.29, 0.717) is 32.4 Å². The summed E-state index contributed by atoms with van der Waals surface area (Å²) in [6.07, 6.45) is 1.84. The molecular formula is C18H23NO5. The molecule has 2 unspecified atom stereocenters. The van der Waals surface area contributed by atoms with Gasteiger partial charge in [-0.3, -0.25) is 9.59 Å². The van der Waals surface area contributed by atoms with Gasteiger partial charge in [0.05, 0.1) is 12.5 Å². The van der Waals surface area contributed by atoms with Crippen molar-refractivity contribution in [2.24, 2.45) is 11.3 Å². The van der Waals surface area contributed by atoms with Gasteiger partial charge in [0.15, 0.2) is 0 Å². The topological polar surface area (TPSA) is 76.1 Å². The molecule has 0 bridgehead atoms. The predicted molar refractivity (Wildman–Crippen MR) is 86.9 cm³/mol. The van der Waals surface area contributed by atoms with Gasteiger partial charge in [-0.15, -0.1) is 0 Å². The zero-order chi connectivity index (χ0) is 17.2. The first kappa shape index (κ1) is 16.8. The van der Waals surface area contributed by atoms with Gasteiger partial charge in [-0.2, -0.15) is 0 Å². The molecule has 1 saturated heterocycles. The van der Waals surface area contributed by atoms with Crippen LogP contribution in [0.4, 0.5) is 0 Å². The van der Waals surface area contributed by atoms with E-state index in [-0.39, 0.29) is 25.0 Å². The van der Waals surface area contributed by atoms with Crippen LogP contribution in [0.3, 0.4) is 0 Å². The number of methoxy groups -OCH3 is 1. The SMILES string of the molecule is COCC1(C(=O)O)CCCN(C(=O)C2COc3ccccc3C2)C1. The normalized spacial score (nSPS) is 26.4. The number of rotatable bonds is 4. The molecule has 1 aromatic rings. The highest BCUT2D eigenvalue weighted by Crippen LogP contribution is 2.33. The molecule has 6 nitrogen and oxygen atoms in total. The van der Waals surface area contributed by atoms with E-state index in [1.807, 2.05) is 24.3 Å². The van der Waals surface area contributed by atoms with Crippen LogP contribution >= 0.6 is 0 Å². The maximum atomic E-state index is 12.9. The van der Waals surface area contributed by atoms with E-state index < -0.39 is 11.4 Å². The van der Waals surface area contributed by atoms with Crippen LogP contribution in [0, 0.1) is 11.3 Å². The number of aliphatic carboxylic acids is 1. The Morgan fingerprint density at radius 2 is 2.21 bits per heavy atom. The fourth-order valence-corrected chi connectivity index (χ4v) is 3.70. The minimum atomic E-state index is -1.00. The lowest BCUT2D eigenvalue weighted by Gasteiger charge is -2.41. The fraction of sp³-hybridized carbons (Fsp3) is 0.556. The Bertz CT molecular complexity index is 628. The fourth-order valence-electron chi connectivity index (χ4n) is 3.70. The molecule has 1 aromatic carbocycles. The van der Waals surface area contributed by atoms with Gasteiger partial charge in [0, 0.05) is 20.2 Å². The molecule has 1 fully saturated rings. The number of nitrogens with zero attached hydrogens (tertiary/aromatic N) is 1. The van der Waals surface area contributed by atoms with Gasteiger partial charge in [0.2, 0.25) is 5.91 Å². The van der Waals surface area contributed by atoms with Crippen LogP contribution in [0.5, 0.6) is 5.75 Å². The lowest BCUT2D eigenvalue weighted by molar-refractivity contribution is -0.160. The molecule has 2 aliphatic heterocycles. The summed E-state index contributed by atoms with van der Waals surface area (Å²) < 4.78 is 10.8. The zero-order valence-electron chi connectivity index (χ0n) is 13.9. The number of hydrogen-bond donors (Lipinski definition) is 1. The largest absolute Gasteiger partial charge is 0.492 e. The van der Waals surface area contributed by atoms with Crippen molar-refractivity contribution in [3.63, 3.8) is 0 Å². The third-order valence-corrected chi connectivity index (χ3v) is 4.99. The van der Waals surface area contributed by atoms with Crippen LogP contribution < -0.4 is 4.74 Å². The second kappa shape index (κ2) is 6.81. The number of carbonyl (C=O) groups is 2. The van der Waals surface area contributed by atoms with Gasteiger partial charge in [-0.25, -0.2) is 0 Å². The van der Waals surface area contributed by atoms with Crippen LogP contribution in [-0.4, -0.2) is 55.3 Å². The Hall–Kier alpha value is -2.08. The number of para-hydroxylation sites is 1. The number of piperidine rings is 1. The minimum Gasteiger partial charge on any atom is -0.492 e. The van der Waals surface area contributed by atoms with Gasteiger partial charge >= 0.3 is 5.97 Å². The Labute approximate surface area is 141 Å². The molecule has 2 heterocycles. The maximum absolute atomic E-state index is 12.9. The van der Waals surface area contributed by atoms with Crippen molar-refractivity contribution in [1.82, 2.24) is 4.90 Å². The standard InChI is InChI=1S/C18H23NO5/c1-23-12-18(17(21)22)7-4-8-19(11-18)16(20)14-9-13-5-2-3-6-15(13)24-10-14/h2-3,5-6,14H,4,7-12H2,1H3,(H,21,22). The lowest BCUT2D eigenvalue weighted by atomic mass is 9.80.